The number of carbonyl (C=O) groups is 1. The van der Waals surface area contributed by atoms with Gasteiger partial charge in [-0.25, -0.2) is 13.8 Å². The van der Waals surface area contributed by atoms with E-state index in [-0.39, 0.29) is 23.7 Å². The third-order valence-electron chi connectivity index (χ3n) is 4.09. The van der Waals surface area contributed by atoms with E-state index in [1.807, 2.05) is 6.92 Å². The second-order valence-electron chi connectivity index (χ2n) is 5.99. The molecule has 3 rings (SSSR count). The van der Waals surface area contributed by atoms with Gasteiger partial charge in [-0.2, -0.15) is 0 Å². The summed E-state index contributed by atoms with van der Waals surface area (Å²) < 4.78 is 28.0. The maximum absolute atomic E-state index is 14.4. The van der Waals surface area contributed by atoms with Crippen LogP contribution in [0.1, 0.15) is 28.4 Å². The maximum Gasteiger partial charge on any atom is 0.254 e. The first-order valence-electron chi connectivity index (χ1n) is 8.41. The molecule has 0 spiro atoms. The first kappa shape index (κ1) is 18.4. The summed E-state index contributed by atoms with van der Waals surface area (Å²) in [6.45, 7) is 2.01. The van der Waals surface area contributed by atoms with Crippen LogP contribution in [0.5, 0.6) is 0 Å². The molecule has 0 radical (unpaired) electrons. The summed E-state index contributed by atoms with van der Waals surface area (Å²) in [7, 11) is 0. The third-order valence-corrected chi connectivity index (χ3v) is 4.09. The molecule has 27 heavy (non-hydrogen) atoms. The minimum atomic E-state index is -0.705. The highest BCUT2D eigenvalue weighted by Crippen LogP contribution is 2.23. The van der Waals surface area contributed by atoms with Gasteiger partial charge in [-0.05, 0) is 41.8 Å². The summed E-state index contributed by atoms with van der Waals surface area (Å²) >= 11 is 0. The van der Waals surface area contributed by atoms with Gasteiger partial charge in [0.2, 0.25) is 0 Å². The first-order chi connectivity index (χ1) is 13.0. The van der Waals surface area contributed by atoms with Gasteiger partial charge in [-0.15, -0.1) is 0 Å². The van der Waals surface area contributed by atoms with Gasteiger partial charge in [-0.1, -0.05) is 19.1 Å². The quantitative estimate of drug-likeness (QED) is 0.722. The Morgan fingerprint density at radius 2 is 1.81 bits per heavy atom. The number of aromatic nitrogens is 2. The van der Waals surface area contributed by atoms with Gasteiger partial charge in [0.05, 0.1) is 5.56 Å². The van der Waals surface area contributed by atoms with Crippen LogP contribution < -0.4 is 11.1 Å². The fraction of sp³-hybridized carbons (Fsp3) is 0.150. The SMILES string of the molecule is CCc1cc(F)cc(CNC(=O)c2ccc(-c3nccnc3N)cc2F)c1. The molecular weight excluding hydrogens is 350 g/mol. The molecule has 0 saturated heterocycles. The fourth-order valence-corrected chi connectivity index (χ4v) is 2.72. The van der Waals surface area contributed by atoms with E-state index in [1.54, 1.807) is 12.1 Å². The second kappa shape index (κ2) is 7.90. The van der Waals surface area contributed by atoms with Crippen LogP contribution in [0.25, 0.3) is 11.3 Å². The average molecular weight is 368 g/mol. The molecule has 1 heterocycles. The highest BCUT2D eigenvalue weighted by atomic mass is 19.1. The van der Waals surface area contributed by atoms with Gasteiger partial charge in [0.15, 0.2) is 0 Å². The van der Waals surface area contributed by atoms with Crippen molar-refractivity contribution in [1.29, 1.82) is 0 Å². The zero-order valence-electron chi connectivity index (χ0n) is 14.7. The van der Waals surface area contributed by atoms with Crippen molar-refractivity contribution in [3.05, 3.63) is 77.1 Å². The van der Waals surface area contributed by atoms with Crippen molar-refractivity contribution < 1.29 is 13.6 Å². The molecule has 1 amide bonds. The highest BCUT2D eigenvalue weighted by Gasteiger charge is 2.14. The van der Waals surface area contributed by atoms with Crippen molar-refractivity contribution >= 4 is 11.7 Å². The molecule has 0 aliphatic rings. The Hall–Kier alpha value is -3.35. The average Bonchev–Trinajstić information content (AvgIpc) is 2.66. The molecule has 0 aliphatic heterocycles. The van der Waals surface area contributed by atoms with Crippen LogP contribution in [0.3, 0.4) is 0 Å². The predicted octanol–water partition coefficient (Wildman–Crippen LogP) is 3.50. The van der Waals surface area contributed by atoms with E-state index in [0.29, 0.717) is 23.2 Å². The molecule has 0 atom stereocenters. The Labute approximate surface area is 155 Å². The zero-order chi connectivity index (χ0) is 19.4. The minimum Gasteiger partial charge on any atom is -0.382 e. The lowest BCUT2D eigenvalue weighted by Gasteiger charge is -2.09. The lowest BCUT2D eigenvalue weighted by Crippen LogP contribution is -2.24. The van der Waals surface area contributed by atoms with E-state index in [0.717, 1.165) is 5.56 Å². The number of benzene rings is 2. The van der Waals surface area contributed by atoms with Gasteiger partial charge < -0.3 is 11.1 Å². The summed E-state index contributed by atoms with van der Waals surface area (Å²) in [4.78, 5) is 20.3. The smallest absolute Gasteiger partial charge is 0.254 e. The second-order valence-corrected chi connectivity index (χ2v) is 5.99. The molecule has 0 bridgehead atoms. The van der Waals surface area contributed by atoms with Gasteiger partial charge in [0.1, 0.15) is 23.1 Å². The van der Waals surface area contributed by atoms with E-state index in [1.165, 1.54) is 36.7 Å². The highest BCUT2D eigenvalue weighted by molar-refractivity contribution is 5.95. The van der Waals surface area contributed by atoms with Crippen molar-refractivity contribution in [3.8, 4) is 11.3 Å². The number of anilines is 1. The molecule has 138 valence electrons. The Kier molecular flexibility index (Phi) is 5.40. The minimum absolute atomic E-state index is 0.0991. The summed E-state index contributed by atoms with van der Waals surface area (Å²) in [5.41, 5.74) is 7.84. The van der Waals surface area contributed by atoms with E-state index >= 15 is 0 Å². The number of aryl methyl sites for hydroxylation is 1. The normalized spacial score (nSPS) is 10.6. The van der Waals surface area contributed by atoms with Gasteiger partial charge >= 0.3 is 0 Å². The van der Waals surface area contributed by atoms with Crippen LogP contribution in [0, 0.1) is 11.6 Å². The molecule has 2 aromatic carbocycles. The van der Waals surface area contributed by atoms with Crippen molar-refractivity contribution in [2.45, 2.75) is 19.9 Å². The topological polar surface area (TPSA) is 80.9 Å². The molecule has 0 aliphatic carbocycles. The monoisotopic (exact) mass is 368 g/mol. The van der Waals surface area contributed by atoms with Gasteiger partial charge in [-0.3, -0.25) is 9.78 Å². The van der Waals surface area contributed by atoms with Crippen LogP contribution in [0.2, 0.25) is 0 Å². The molecule has 0 saturated carbocycles. The van der Waals surface area contributed by atoms with Gasteiger partial charge in [0.25, 0.3) is 5.91 Å². The Balaban J connectivity index is 1.76. The summed E-state index contributed by atoms with van der Waals surface area (Å²) in [6.07, 6.45) is 3.57. The number of amides is 1. The summed E-state index contributed by atoms with van der Waals surface area (Å²) in [5, 5.41) is 2.61. The molecular formula is C20H18F2N4O. The molecule has 7 heteroatoms. The lowest BCUT2D eigenvalue weighted by atomic mass is 10.1. The molecule has 1 aromatic heterocycles. The van der Waals surface area contributed by atoms with E-state index in [4.69, 9.17) is 5.73 Å². The number of nitrogen functional groups attached to an aromatic ring is 1. The molecule has 3 aromatic rings. The number of hydrogen-bond acceptors (Lipinski definition) is 4. The van der Waals surface area contributed by atoms with Crippen molar-refractivity contribution in [2.24, 2.45) is 0 Å². The molecule has 0 unspecified atom stereocenters. The number of halogens is 2. The van der Waals surface area contributed by atoms with Crippen molar-refractivity contribution in [1.82, 2.24) is 15.3 Å². The molecule has 5 nitrogen and oxygen atoms in total. The third kappa shape index (κ3) is 4.25. The van der Waals surface area contributed by atoms with Crippen LogP contribution >= 0.6 is 0 Å². The van der Waals surface area contributed by atoms with Crippen LogP contribution in [0.15, 0.2) is 48.8 Å². The van der Waals surface area contributed by atoms with Crippen molar-refractivity contribution in [3.63, 3.8) is 0 Å². The Morgan fingerprint density at radius 1 is 1.07 bits per heavy atom. The number of nitrogens with two attached hydrogens (primary N) is 1. The van der Waals surface area contributed by atoms with Gasteiger partial charge in [0, 0.05) is 24.5 Å². The largest absolute Gasteiger partial charge is 0.382 e. The fourth-order valence-electron chi connectivity index (χ4n) is 2.72. The van der Waals surface area contributed by atoms with E-state index < -0.39 is 11.7 Å². The lowest BCUT2D eigenvalue weighted by molar-refractivity contribution is 0.0947. The molecule has 3 N–H and O–H groups in total. The maximum atomic E-state index is 14.4. The number of nitrogens with one attached hydrogen (secondary N) is 1. The number of carbonyl (C=O) groups excluding carboxylic acids is 1. The summed E-state index contributed by atoms with van der Waals surface area (Å²) in [6, 6.07) is 8.69. The van der Waals surface area contributed by atoms with Crippen molar-refractivity contribution in [2.75, 3.05) is 5.73 Å². The van der Waals surface area contributed by atoms with E-state index in [2.05, 4.69) is 15.3 Å². The number of hydrogen-bond donors (Lipinski definition) is 2. The number of rotatable bonds is 5. The Bertz CT molecular complexity index is 991. The van der Waals surface area contributed by atoms with E-state index in [9.17, 15) is 13.6 Å². The first-order valence-corrected chi connectivity index (χ1v) is 8.41. The molecule has 0 fully saturated rings. The standard InChI is InChI=1S/C20H18F2N4O/c1-2-12-7-13(9-15(21)8-12)11-26-20(27)16-4-3-14(10-17(16)22)18-19(23)25-6-5-24-18/h3-10H,2,11H2,1H3,(H2,23,25)(H,26,27). The van der Waals surface area contributed by atoms with Crippen LogP contribution in [-0.2, 0) is 13.0 Å². The Morgan fingerprint density at radius 3 is 2.52 bits per heavy atom. The predicted molar refractivity (Wildman–Crippen MR) is 98.8 cm³/mol. The zero-order valence-corrected chi connectivity index (χ0v) is 14.7. The van der Waals surface area contributed by atoms with Crippen LogP contribution in [-0.4, -0.2) is 15.9 Å². The van der Waals surface area contributed by atoms with Crippen LogP contribution in [0.4, 0.5) is 14.6 Å². The summed E-state index contributed by atoms with van der Waals surface area (Å²) in [5.74, 6) is -1.49. The number of nitrogens with zero attached hydrogens (tertiary/aromatic N) is 2.